The molecule has 3 saturated heterocycles. The number of hydrogen-bond acceptors (Lipinski definition) is 8. The lowest BCUT2D eigenvalue weighted by atomic mass is 9.55. The maximum absolute atomic E-state index is 12.5. The summed E-state index contributed by atoms with van der Waals surface area (Å²) >= 11 is 0. The molecule has 0 N–H and O–H groups in total. The highest BCUT2D eigenvalue weighted by atomic mass is 16.7. The Labute approximate surface area is 245 Å². The van der Waals surface area contributed by atoms with Gasteiger partial charge in [0, 0.05) is 5.92 Å². The monoisotopic (exact) mass is 576 g/mol. The van der Waals surface area contributed by atoms with Gasteiger partial charge in [0.25, 0.3) is 0 Å². The van der Waals surface area contributed by atoms with Gasteiger partial charge in [-0.25, -0.2) is 0 Å². The summed E-state index contributed by atoms with van der Waals surface area (Å²) in [5.74, 6) is 2.76. The Hall–Kier alpha value is -1.67. The number of esters is 3. The van der Waals surface area contributed by atoms with Crippen molar-refractivity contribution >= 4 is 17.9 Å². The minimum absolute atomic E-state index is 0.123. The maximum Gasteiger partial charge on any atom is 0.313 e. The van der Waals surface area contributed by atoms with Crippen LogP contribution in [-0.4, -0.2) is 54.7 Å². The molecule has 0 radical (unpaired) electrons. The predicted octanol–water partition coefficient (Wildman–Crippen LogP) is 5.84. The smallest absolute Gasteiger partial charge is 0.313 e. The molecule has 6 unspecified atom stereocenters. The van der Waals surface area contributed by atoms with Crippen molar-refractivity contribution in [3.05, 3.63) is 0 Å². The SMILES string of the molecule is CCC(C)(C)C(=O)OC(OC1C2CC3CC(C2)CC1C3)C(C)C.CCC(C)(C)C(=O)OC1C2CC3C(=O)OC1C3O2. The molecular weight excluding hydrogens is 524 g/mol. The molecular formula is C33H52O8. The molecule has 7 aliphatic rings. The second-order valence-corrected chi connectivity index (χ2v) is 15.3. The van der Waals surface area contributed by atoms with E-state index in [0.29, 0.717) is 30.8 Å². The van der Waals surface area contributed by atoms with Crippen LogP contribution in [0, 0.1) is 46.3 Å². The predicted molar refractivity (Wildman–Crippen MR) is 151 cm³/mol. The van der Waals surface area contributed by atoms with E-state index in [0.717, 1.165) is 18.3 Å². The van der Waals surface area contributed by atoms with Gasteiger partial charge in [-0.05, 0) is 103 Å². The molecule has 6 atom stereocenters. The van der Waals surface area contributed by atoms with E-state index in [2.05, 4.69) is 13.8 Å². The zero-order chi connectivity index (χ0) is 29.9. The molecule has 0 amide bonds. The van der Waals surface area contributed by atoms with E-state index in [1.807, 2.05) is 41.5 Å². The molecule has 3 heterocycles. The average Bonchev–Trinajstić information content (AvgIpc) is 3.55. The lowest BCUT2D eigenvalue weighted by molar-refractivity contribution is -0.241. The molecule has 0 aromatic carbocycles. The normalized spacial score (nSPS) is 38.9. The van der Waals surface area contributed by atoms with Gasteiger partial charge in [0.05, 0.1) is 29.0 Å². The topological polar surface area (TPSA) is 97.4 Å². The summed E-state index contributed by atoms with van der Waals surface area (Å²) in [6.45, 7) is 15.8. The van der Waals surface area contributed by atoms with Crippen molar-refractivity contribution < 1.29 is 38.1 Å². The van der Waals surface area contributed by atoms with Crippen LogP contribution in [0.25, 0.3) is 0 Å². The molecule has 4 aliphatic carbocycles. The standard InChI is InChI=1S/C20H34O3.C13H18O5/c1-6-20(4,5)19(21)23-18(12(2)3)22-17-15-8-13-7-14(10-15)11-16(17)9-13;1-4-13(2,3)12(15)18-9-7-5-6-8(16-7)10(9)17-11(6)14/h12-18H,6-11H2,1-5H3;6-10H,4-5H2,1-3H3. The summed E-state index contributed by atoms with van der Waals surface area (Å²) in [6, 6.07) is 0. The Morgan fingerprint density at radius 1 is 0.829 bits per heavy atom. The van der Waals surface area contributed by atoms with Crippen molar-refractivity contribution in [3.63, 3.8) is 0 Å². The van der Waals surface area contributed by atoms with Crippen LogP contribution in [-0.2, 0) is 38.1 Å². The zero-order valence-electron chi connectivity index (χ0n) is 26.4. The van der Waals surface area contributed by atoms with Gasteiger partial charge in [-0.1, -0.05) is 27.7 Å². The third kappa shape index (κ3) is 5.93. The zero-order valence-corrected chi connectivity index (χ0v) is 26.4. The number of rotatable bonds is 9. The van der Waals surface area contributed by atoms with Gasteiger partial charge in [-0.2, -0.15) is 0 Å². The molecule has 0 aromatic heterocycles. The highest BCUT2D eigenvalue weighted by Gasteiger charge is 2.65. The van der Waals surface area contributed by atoms with Gasteiger partial charge in [0.2, 0.25) is 6.29 Å². The summed E-state index contributed by atoms with van der Waals surface area (Å²) < 4.78 is 28.7. The van der Waals surface area contributed by atoms with Crippen LogP contribution in [0.5, 0.6) is 0 Å². The molecule has 0 spiro atoms. The minimum atomic E-state index is -0.510. The fourth-order valence-electron chi connectivity index (χ4n) is 7.79. The first kappa shape index (κ1) is 30.8. The van der Waals surface area contributed by atoms with Crippen LogP contribution in [0.15, 0.2) is 0 Å². The third-order valence-electron chi connectivity index (χ3n) is 11.1. The van der Waals surface area contributed by atoms with Crippen LogP contribution < -0.4 is 0 Å². The Kier molecular flexibility index (Phi) is 8.59. The van der Waals surface area contributed by atoms with Crippen LogP contribution in [0.4, 0.5) is 0 Å². The maximum atomic E-state index is 12.5. The van der Waals surface area contributed by atoms with Crippen LogP contribution >= 0.6 is 0 Å². The number of hydrogen-bond donors (Lipinski definition) is 0. The largest absolute Gasteiger partial charge is 0.455 e. The fraction of sp³-hybridized carbons (Fsp3) is 0.909. The van der Waals surface area contributed by atoms with Crippen molar-refractivity contribution in [2.75, 3.05) is 0 Å². The van der Waals surface area contributed by atoms with Gasteiger partial charge in [-0.15, -0.1) is 0 Å². The second kappa shape index (κ2) is 11.4. The van der Waals surface area contributed by atoms with Crippen LogP contribution in [0.2, 0.25) is 0 Å². The van der Waals surface area contributed by atoms with Gasteiger partial charge in [0.15, 0.2) is 12.2 Å². The summed E-state index contributed by atoms with van der Waals surface area (Å²) in [5, 5.41) is 0. The van der Waals surface area contributed by atoms with Gasteiger partial charge < -0.3 is 23.7 Å². The molecule has 8 heteroatoms. The highest BCUT2D eigenvalue weighted by Crippen LogP contribution is 2.55. The van der Waals surface area contributed by atoms with E-state index in [4.69, 9.17) is 23.7 Å². The quantitative estimate of drug-likeness (QED) is 0.192. The van der Waals surface area contributed by atoms with Crippen molar-refractivity contribution in [2.24, 2.45) is 46.3 Å². The Morgan fingerprint density at radius 3 is 1.93 bits per heavy atom. The molecule has 4 saturated carbocycles. The molecule has 232 valence electrons. The number of ether oxygens (including phenoxy) is 5. The summed E-state index contributed by atoms with van der Waals surface area (Å²) in [5.41, 5.74) is -0.940. The number of carbonyl (C=O) groups is 3. The van der Waals surface area contributed by atoms with Crippen LogP contribution in [0.1, 0.15) is 107 Å². The van der Waals surface area contributed by atoms with Crippen LogP contribution in [0.3, 0.4) is 0 Å². The van der Waals surface area contributed by atoms with E-state index in [1.54, 1.807) is 0 Å². The van der Waals surface area contributed by atoms with Gasteiger partial charge in [-0.3, -0.25) is 14.4 Å². The molecule has 6 bridgehead atoms. The van der Waals surface area contributed by atoms with E-state index in [-0.39, 0.29) is 42.0 Å². The molecule has 7 rings (SSSR count). The summed E-state index contributed by atoms with van der Waals surface area (Å²) in [4.78, 5) is 36.1. The van der Waals surface area contributed by atoms with Gasteiger partial charge >= 0.3 is 17.9 Å². The lowest BCUT2D eigenvalue weighted by Gasteiger charge is -2.54. The van der Waals surface area contributed by atoms with E-state index in [9.17, 15) is 14.4 Å². The van der Waals surface area contributed by atoms with E-state index >= 15 is 0 Å². The average molecular weight is 577 g/mol. The Balaban J connectivity index is 0.000000169. The van der Waals surface area contributed by atoms with E-state index < -0.39 is 29.3 Å². The number of fused-ring (bicyclic) bond motifs is 1. The van der Waals surface area contributed by atoms with Crippen molar-refractivity contribution in [3.8, 4) is 0 Å². The lowest BCUT2D eigenvalue weighted by Crippen LogP contribution is -2.51. The highest BCUT2D eigenvalue weighted by molar-refractivity contribution is 5.79. The minimum Gasteiger partial charge on any atom is -0.455 e. The molecule has 0 aromatic rings. The first-order valence-corrected chi connectivity index (χ1v) is 16.2. The first-order valence-electron chi connectivity index (χ1n) is 16.2. The first-order chi connectivity index (χ1) is 19.2. The number of carbonyl (C=O) groups excluding carboxylic acids is 3. The fourth-order valence-corrected chi connectivity index (χ4v) is 7.79. The van der Waals surface area contributed by atoms with E-state index in [1.165, 1.54) is 32.1 Å². The van der Waals surface area contributed by atoms with Crippen molar-refractivity contribution in [2.45, 2.75) is 144 Å². The third-order valence-corrected chi connectivity index (χ3v) is 11.1. The molecule has 3 aliphatic heterocycles. The molecule has 41 heavy (non-hydrogen) atoms. The second-order valence-electron chi connectivity index (χ2n) is 15.3. The van der Waals surface area contributed by atoms with Crippen molar-refractivity contribution in [1.82, 2.24) is 0 Å². The summed E-state index contributed by atoms with van der Waals surface area (Å²) in [7, 11) is 0. The Bertz CT molecular complexity index is 973. The van der Waals surface area contributed by atoms with Crippen molar-refractivity contribution in [1.29, 1.82) is 0 Å². The molecule has 7 fully saturated rings. The Morgan fingerprint density at radius 2 is 1.39 bits per heavy atom. The molecule has 8 nitrogen and oxygen atoms in total. The summed E-state index contributed by atoms with van der Waals surface area (Å²) in [6.07, 6.45) is 7.62. The van der Waals surface area contributed by atoms with Gasteiger partial charge in [0.1, 0.15) is 6.10 Å².